The molecule has 0 rings (SSSR count). The molecule has 0 fully saturated rings. The molecule has 0 atom stereocenters. The van der Waals surface area contributed by atoms with Crippen LogP contribution in [0.5, 0.6) is 0 Å². The predicted octanol–water partition coefficient (Wildman–Crippen LogP) is -0.720. The van der Waals surface area contributed by atoms with E-state index in [2.05, 4.69) is 0 Å². The summed E-state index contributed by atoms with van der Waals surface area (Å²) < 4.78 is 50.9. The van der Waals surface area contributed by atoms with Gasteiger partial charge >= 0.3 is 74.5 Å². The summed E-state index contributed by atoms with van der Waals surface area (Å²) in [4.78, 5) is 0. The summed E-state index contributed by atoms with van der Waals surface area (Å²) in [6.45, 7) is 0. The quantitative estimate of drug-likeness (QED) is 0.464. The molecule has 0 bridgehead atoms. The fraction of sp³-hybridized carbons (Fsp3) is 0. The summed E-state index contributed by atoms with van der Waals surface area (Å²) in [7, 11) is 0. The molecule has 0 aliphatic carbocycles. The van der Waals surface area contributed by atoms with Crippen molar-refractivity contribution < 1.29 is 74.5 Å². The van der Waals surface area contributed by atoms with Crippen LogP contribution < -0.4 is 0 Å². The van der Waals surface area contributed by atoms with Crippen LogP contribution in [0, 0.1) is 0 Å². The van der Waals surface area contributed by atoms with Crippen LogP contribution in [0.1, 0.15) is 0 Å². The molecule has 0 aromatic carbocycles. The summed E-state index contributed by atoms with van der Waals surface area (Å²) in [5, 5.41) is 0. The van der Waals surface area contributed by atoms with Gasteiger partial charge < -0.3 is 0 Å². The molecular formula is IrO6RuTi. The van der Waals surface area contributed by atoms with E-state index in [9.17, 15) is 0 Å². The second-order valence-corrected chi connectivity index (χ2v) is 1.15. The SMILES string of the molecule is [O]=[Ir]=[O].[O]=[Ru]=[O].[O]=[Ti]=[O]. The molecule has 0 spiro atoms. The molecule has 0 N–H and O–H groups in total. The van der Waals surface area contributed by atoms with Crippen molar-refractivity contribution in [3.05, 3.63) is 0 Å². The zero-order valence-electron chi connectivity index (χ0n) is 3.64. The van der Waals surface area contributed by atoms with Gasteiger partial charge in [0.05, 0.1) is 0 Å². The third-order valence-electron chi connectivity index (χ3n) is 0. The number of hydrogen-bond acceptors (Lipinski definition) is 6. The van der Waals surface area contributed by atoms with Crippen LogP contribution >= 0.6 is 0 Å². The van der Waals surface area contributed by atoms with Crippen LogP contribution in [0.25, 0.3) is 0 Å². The Labute approximate surface area is 74.0 Å². The van der Waals surface area contributed by atoms with E-state index in [4.69, 9.17) is 20.8 Å². The molecule has 0 saturated carbocycles. The Kier molecular flexibility index (Phi) is 67.7. The summed E-state index contributed by atoms with van der Waals surface area (Å²) in [6, 6.07) is 0. The average molecular weight is 437 g/mol. The van der Waals surface area contributed by atoms with Gasteiger partial charge in [0.2, 0.25) is 0 Å². The Bertz CT molecular complexity index is 105. The second kappa shape index (κ2) is 37.2. The van der Waals surface area contributed by atoms with Crippen LogP contribution in [0.2, 0.25) is 0 Å². The maximum absolute atomic E-state index is 8.50. The van der Waals surface area contributed by atoms with E-state index in [0.29, 0.717) is 0 Å². The van der Waals surface area contributed by atoms with Gasteiger partial charge in [0.1, 0.15) is 0 Å². The summed E-state index contributed by atoms with van der Waals surface area (Å²) in [6.07, 6.45) is 0. The Balaban J connectivity index is -0.0000000600. The Morgan fingerprint density at radius 1 is 1.11 bits per heavy atom. The molecular weight excluding hydrogens is 437 g/mol. The first kappa shape index (κ1) is 16.4. The number of rotatable bonds is 0. The van der Waals surface area contributed by atoms with Gasteiger partial charge in [-0.25, -0.2) is 0 Å². The molecule has 0 radical (unpaired) electrons. The van der Waals surface area contributed by atoms with E-state index in [1.165, 1.54) is 0 Å². The molecule has 0 aliphatic rings. The van der Waals surface area contributed by atoms with Crippen molar-refractivity contribution in [2.75, 3.05) is 0 Å². The molecule has 0 aromatic rings. The van der Waals surface area contributed by atoms with Gasteiger partial charge in [-0.1, -0.05) is 0 Å². The van der Waals surface area contributed by atoms with E-state index in [0.717, 1.165) is 0 Å². The van der Waals surface area contributed by atoms with Gasteiger partial charge in [-0.15, -0.1) is 0 Å². The molecule has 0 aliphatic heterocycles. The summed E-state index contributed by atoms with van der Waals surface area (Å²) >= 11 is -5.79. The molecule has 0 amide bonds. The van der Waals surface area contributed by atoms with Gasteiger partial charge in [-0.2, -0.15) is 0 Å². The van der Waals surface area contributed by atoms with Crippen molar-refractivity contribution in [3.8, 4) is 0 Å². The normalized spacial score (nSPS) is 4.44. The molecule has 0 heterocycles. The monoisotopic (exact) mass is 439 g/mol. The topological polar surface area (TPSA) is 102 Å². The first-order valence-electron chi connectivity index (χ1n) is 0.969. The zero-order chi connectivity index (χ0) is 8.12. The Morgan fingerprint density at radius 2 is 1.11 bits per heavy atom. The fourth-order valence-electron chi connectivity index (χ4n) is 0. The Morgan fingerprint density at radius 3 is 1.11 bits per heavy atom. The molecule has 0 aromatic heterocycles. The van der Waals surface area contributed by atoms with E-state index in [1.807, 2.05) is 0 Å². The van der Waals surface area contributed by atoms with Crippen molar-refractivity contribution >= 4 is 0 Å². The molecule has 0 saturated heterocycles. The van der Waals surface area contributed by atoms with Gasteiger partial charge in [-0.3, -0.25) is 0 Å². The van der Waals surface area contributed by atoms with Crippen molar-refractivity contribution in [3.63, 3.8) is 0 Å². The zero-order valence-corrected chi connectivity index (χ0v) is 9.33. The molecule has 9 heavy (non-hydrogen) atoms. The van der Waals surface area contributed by atoms with Crippen LogP contribution in [0.15, 0.2) is 0 Å². The van der Waals surface area contributed by atoms with Crippen molar-refractivity contribution in [2.45, 2.75) is 0 Å². The third kappa shape index (κ3) is 653. The van der Waals surface area contributed by atoms with Gasteiger partial charge in [-0.05, 0) is 0 Å². The van der Waals surface area contributed by atoms with Crippen molar-refractivity contribution in [1.29, 1.82) is 0 Å². The van der Waals surface area contributed by atoms with Gasteiger partial charge in [0.25, 0.3) is 0 Å². The second-order valence-electron chi connectivity index (χ2n) is 0.198. The van der Waals surface area contributed by atoms with E-state index in [1.54, 1.807) is 0 Å². The van der Waals surface area contributed by atoms with E-state index < -0.39 is 53.7 Å². The average Bonchev–Trinajstić information content (AvgIpc) is 1.70. The standard InChI is InChI=1S/Ir.6O.Ru.Ti. The summed E-state index contributed by atoms with van der Waals surface area (Å²) in [5.74, 6) is 0. The maximum atomic E-state index is 8.50. The van der Waals surface area contributed by atoms with Gasteiger partial charge in [0, 0.05) is 0 Å². The van der Waals surface area contributed by atoms with Crippen molar-refractivity contribution in [2.24, 2.45) is 0 Å². The van der Waals surface area contributed by atoms with E-state index in [-0.39, 0.29) is 0 Å². The van der Waals surface area contributed by atoms with Crippen LogP contribution in [0.3, 0.4) is 0 Å². The molecule has 57 valence electrons. The predicted molar refractivity (Wildman–Crippen MR) is 4.12 cm³/mol. The fourth-order valence-corrected chi connectivity index (χ4v) is 0. The van der Waals surface area contributed by atoms with Crippen LogP contribution in [-0.4, -0.2) is 0 Å². The van der Waals surface area contributed by atoms with Crippen molar-refractivity contribution in [1.82, 2.24) is 0 Å². The minimum absolute atomic E-state index is 1.79. The minimum atomic E-state index is -2.00. The van der Waals surface area contributed by atoms with E-state index >= 15 is 0 Å². The summed E-state index contributed by atoms with van der Waals surface area (Å²) in [5.41, 5.74) is 0. The van der Waals surface area contributed by atoms with Crippen LogP contribution in [-0.2, 0) is 74.5 Å². The first-order valence-corrected chi connectivity index (χ1v) is 5.62. The Hall–Kier alpha value is 0.787. The third-order valence-corrected chi connectivity index (χ3v) is 0. The molecule has 9 heteroatoms. The number of hydrogen-bond donors (Lipinski definition) is 0. The van der Waals surface area contributed by atoms with Gasteiger partial charge in [0.15, 0.2) is 0 Å². The molecule has 0 unspecified atom stereocenters. The molecule has 6 nitrogen and oxygen atoms in total. The first-order chi connectivity index (χ1) is 4.24. The van der Waals surface area contributed by atoms with Crippen LogP contribution in [0.4, 0.5) is 0 Å².